The largest absolute Gasteiger partial charge is 0.495 e. The molecule has 0 saturated carbocycles. The number of para-hydroxylation sites is 2. The summed E-state index contributed by atoms with van der Waals surface area (Å²) >= 11 is 0. The van der Waals surface area contributed by atoms with Crippen LogP contribution >= 0.6 is 0 Å². The van der Waals surface area contributed by atoms with Crippen molar-refractivity contribution in [3.8, 4) is 5.75 Å². The fourth-order valence-electron chi connectivity index (χ4n) is 3.28. The Kier molecular flexibility index (Phi) is 4.95. The van der Waals surface area contributed by atoms with E-state index in [9.17, 15) is 4.79 Å². The second-order valence-electron chi connectivity index (χ2n) is 6.52. The van der Waals surface area contributed by atoms with Gasteiger partial charge in [0.25, 0.3) is 0 Å². The maximum absolute atomic E-state index is 12.9. The first-order chi connectivity index (χ1) is 12.0. The predicted octanol–water partition coefficient (Wildman–Crippen LogP) is 2.22. The van der Waals surface area contributed by atoms with E-state index >= 15 is 0 Å². The molecule has 2 aromatic rings. The zero-order valence-electron chi connectivity index (χ0n) is 14.8. The normalized spacial score (nSPS) is 17.1. The van der Waals surface area contributed by atoms with Crippen LogP contribution in [-0.2, 0) is 10.3 Å². The van der Waals surface area contributed by atoms with Crippen molar-refractivity contribution in [1.29, 1.82) is 0 Å². The highest BCUT2D eigenvalue weighted by molar-refractivity contribution is 5.87. The van der Waals surface area contributed by atoms with E-state index in [1.165, 1.54) is 0 Å². The van der Waals surface area contributed by atoms with Crippen LogP contribution in [0.15, 0.2) is 54.6 Å². The lowest BCUT2D eigenvalue weighted by Crippen LogP contribution is -2.56. The standard InChI is InChI=1S/C20H25N3O2/c1-20(21,16-8-4-3-5-9-16)19(24)23-14-12-22(13-15-23)17-10-6-7-11-18(17)25-2/h3-11H,12-15,21H2,1-2H3. The monoisotopic (exact) mass is 339 g/mol. The van der Waals surface area contributed by atoms with Crippen LogP contribution < -0.4 is 15.4 Å². The number of ether oxygens (including phenoxy) is 1. The summed E-state index contributed by atoms with van der Waals surface area (Å²) in [5, 5.41) is 0. The number of hydrogen-bond donors (Lipinski definition) is 1. The SMILES string of the molecule is COc1ccccc1N1CCN(C(=O)C(C)(N)c2ccccc2)CC1. The van der Waals surface area contributed by atoms with Gasteiger partial charge in [-0.3, -0.25) is 4.79 Å². The maximum Gasteiger partial charge on any atom is 0.247 e. The summed E-state index contributed by atoms with van der Waals surface area (Å²) in [5.41, 5.74) is 7.28. The molecule has 3 rings (SSSR count). The molecule has 5 heteroatoms. The third-order valence-electron chi connectivity index (χ3n) is 4.81. The van der Waals surface area contributed by atoms with Crippen molar-refractivity contribution in [2.75, 3.05) is 38.2 Å². The summed E-state index contributed by atoms with van der Waals surface area (Å²) in [5.74, 6) is 0.827. The number of carbonyl (C=O) groups is 1. The Morgan fingerprint density at radius 1 is 1.00 bits per heavy atom. The van der Waals surface area contributed by atoms with E-state index in [0.717, 1.165) is 30.1 Å². The van der Waals surface area contributed by atoms with Crippen LogP contribution in [0.1, 0.15) is 12.5 Å². The van der Waals surface area contributed by atoms with Crippen LogP contribution in [0.3, 0.4) is 0 Å². The van der Waals surface area contributed by atoms with Crippen molar-refractivity contribution in [2.24, 2.45) is 5.73 Å². The number of rotatable bonds is 4. The number of anilines is 1. The first kappa shape index (κ1) is 17.3. The molecule has 1 aliphatic heterocycles. The Bertz CT molecular complexity index is 723. The van der Waals surface area contributed by atoms with Gasteiger partial charge >= 0.3 is 0 Å². The van der Waals surface area contributed by atoms with Gasteiger partial charge in [0.05, 0.1) is 12.8 Å². The fourth-order valence-corrected chi connectivity index (χ4v) is 3.28. The Hall–Kier alpha value is -2.53. The number of carbonyl (C=O) groups excluding carboxylic acids is 1. The van der Waals surface area contributed by atoms with Gasteiger partial charge in [0, 0.05) is 26.2 Å². The molecule has 1 atom stereocenters. The third kappa shape index (κ3) is 3.46. The zero-order chi connectivity index (χ0) is 17.9. The highest BCUT2D eigenvalue weighted by Crippen LogP contribution is 2.29. The Labute approximate surface area is 149 Å². The van der Waals surface area contributed by atoms with Gasteiger partial charge in [0.2, 0.25) is 5.91 Å². The smallest absolute Gasteiger partial charge is 0.247 e. The van der Waals surface area contributed by atoms with E-state index in [4.69, 9.17) is 10.5 Å². The summed E-state index contributed by atoms with van der Waals surface area (Å²) in [6.07, 6.45) is 0. The predicted molar refractivity (Wildman–Crippen MR) is 99.8 cm³/mol. The zero-order valence-corrected chi connectivity index (χ0v) is 14.8. The number of hydrogen-bond acceptors (Lipinski definition) is 4. The lowest BCUT2D eigenvalue weighted by molar-refractivity contribution is -0.137. The van der Waals surface area contributed by atoms with Gasteiger partial charge in [-0.1, -0.05) is 42.5 Å². The van der Waals surface area contributed by atoms with Crippen molar-refractivity contribution < 1.29 is 9.53 Å². The number of nitrogens with zero attached hydrogens (tertiary/aromatic N) is 2. The van der Waals surface area contributed by atoms with E-state index in [0.29, 0.717) is 13.1 Å². The summed E-state index contributed by atoms with van der Waals surface area (Å²) in [6, 6.07) is 17.5. The van der Waals surface area contributed by atoms with Crippen molar-refractivity contribution in [2.45, 2.75) is 12.5 Å². The molecule has 2 N–H and O–H groups in total. The third-order valence-corrected chi connectivity index (χ3v) is 4.81. The molecule has 2 aromatic carbocycles. The van der Waals surface area contributed by atoms with Crippen LogP contribution in [0.25, 0.3) is 0 Å². The summed E-state index contributed by atoms with van der Waals surface area (Å²) in [4.78, 5) is 17.1. The first-order valence-electron chi connectivity index (χ1n) is 8.56. The molecule has 0 spiro atoms. The van der Waals surface area contributed by atoms with Crippen molar-refractivity contribution in [1.82, 2.24) is 4.90 Å². The molecule has 0 radical (unpaired) electrons. The minimum Gasteiger partial charge on any atom is -0.495 e. The molecular formula is C20H25N3O2. The summed E-state index contributed by atoms with van der Waals surface area (Å²) in [7, 11) is 1.68. The van der Waals surface area contributed by atoms with Crippen molar-refractivity contribution in [3.05, 3.63) is 60.2 Å². The second kappa shape index (κ2) is 7.15. The molecule has 0 aromatic heterocycles. The maximum atomic E-state index is 12.9. The van der Waals surface area contributed by atoms with Gasteiger partial charge in [0.1, 0.15) is 11.3 Å². The van der Waals surface area contributed by atoms with E-state index in [1.54, 1.807) is 14.0 Å². The number of nitrogens with two attached hydrogens (primary N) is 1. The molecule has 1 unspecified atom stereocenters. The molecule has 0 aliphatic carbocycles. The molecular weight excluding hydrogens is 314 g/mol. The topological polar surface area (TPSA) is 58.8 Å². The van der Waals surface area contributed by atoms with Crippen LogP contribution in [0.2, 0.25) is 0 Å². The molecule has 1 fully saturated rings. The highest BCUT2D eigenvalue weighted by Gasteiger charge is 2.35. The molecule has 1 saturated heterocycles. The molecule has 1 heterocycles. The lowest BCUT2D eigenvalue weighted by atomic mass is 9.91. The van der Waals surface area contributed by atoms with Gasteiger partial charge in [0.15, 0.2) is 0 Å². The first-order valence-corrected chi connectivity index (χ1v) is 8.56. The average Bonchev–Trinajstić information content (AvgIpc) is 2.68. The van der Waals surface area contributed by atoms with Crippen LogP contribution in [0, 0.1) is 0 Å². The highest BCUT2D eigenvalue weighted by atomic mass is 16.5. The Morgan fingerprint density at radius 2 is 1.60 bits per heavy atom. The quantitative estimate of drug-likeness (QED) is 0.928. The number of piperazine rings is 1. The van der Waals surface area contributed by atoms with E-state index in [-0.39, 0.29) is 5.91 Å². The van der Waals surface area contributed by atoms with Crippen molar-refractivity contribution >= 4 is 11.6 Å². The van der Waals surface area contributed by atoms with Gasteiger partial charge in [-0.05, 0) is 24.6 Å². The average molecular weight is 339 g/mol. The van der Waals surface area contributed by atoms with Gasteiger partial charge in [-0.25, -0.2) is 0 Å². The van der Waals surface area contributed by atoms with E-state index in [1.807, 2.05) is 59.5 Å². The van der Waals surface area contributed by atoms with Gasteiger partial charge < -0.3 is 20.3 Å². The molecule has 0 bridgehead atoms. The number of amides is 1. The lowest BCUT2D eigenvalue weighted by Gasteiger charge is -2.39. The van der Waals surface area contributed by atoms with Crippen molar-refractivity contribution in [3.63, 3.8) is 0 Å². The molecule has 5 nitrogen and oxygen atoms in total. The minimum absolute atomic E-state index is 0.0293. The molecule has 1 aliphatic rings. The summed E-state index contributed by atoms with van der Waals surface area (Å²) < 4.78 is 5.44. The number of benzene rings is 2. The summed E-state index contributed by atoms with van der Waals surface area (Å²) in [6.45, 7) is 4.61. The van der Waals surface area contributed by atoms with Crippen LogP contribution in [0.5, 0.6) is 5.75 Å². The number of methoxy groups -OCH3 is 1. The van der Waals surface area contributed by atoms with Crippen LogP contribution in [-0.4, -0.2) is 44.1 Å². The Balaban J connectivity index is 1.69. The molecule has 25 heavy (non-hydrogen) atoms. The molecule has 132 valence electrons. The van der Waals surface area contributed by atoms with Crippen LogP contribution in [0.4, 0.5) is 5.69 Å². The minimum atomic E-state index is -1.01. The van der Waals surface area contributed by atoms with E-state index in [2.05, 4.69) is 4.90 Å². The second-order valence-corrected chi connectivity index (χ2v) is 6.52. The van der Waals surface area contributed by atoms with Gasteiger partial charge in [-0.15, -0.1) is 0 Å². The molecule has 1 amide bonds. The van der Waals surface area contributed by atoms with Gasteiger partial charge in [-0.2, -0.15) is 0 Å². The Morgan fingerprint density at radius 3 is 2.24 bits per heavy atom. The fraction of sp³-hybridized carbons (Fsp3) is 0.350. The van der Waals surface area contributed by atoms with E-state index < -0.39 is 5.54 Å².